The van der Waals surface area contributed by atoms with Gasteiger partial charge in [-0.25, -0.2) is 0 Å². The molecule has 0 saturated heterocycles. The first-order valence-electron chi connectivity index (χ1n) is 4.29. The molecular formula is C9H11NO5. The van der Waals surface area contributed by atoms with Crippen molar-refractivity contribution in [2.75, 3.05) is 6.61 Å². The van der Waals surface area contributed by atoms with Crippen LogP contribution in [0.3, 0.4) is 0 Å². The highest BCUT2D eigenvalue weighted by Gasteiger charge is 2.14. The van der Waals surface area contributed by atoms with Gasteiger partial charge < -0.3 is 14.9 Å². The van der Waals surface area contributed by atoms with Gasteiger partial charge in [-0.05, 0) is 19.1 Å². The number of aliphatic hydroxyl groups excluding tert-OH is 1. The highest BCUT2D eigenvalue weighted by Crippen LogP contribution is 2.29. The van der Waals surface area contributed by atoms with Crippen molar-refractivity contribution in [3.05, 3.63) is 28.3 Å². The van der Waals surface area contributed by atoms with Crippen LogP contribution in [0.4, 0.5) is 5.69 Å². The van der Waals surface area contributed by atoms with Crippen molar-refractivity contribution < 1.29 is 19.9 Å². The van der Waals surface area contributed by atoms with Gasteiger partial charge in [-0.2, -0.15) is 0 Å². The molecule has 0 heterocycles. The Hall–Kier alpha value is -1.82. The van der Waals surface area contributed by atoms with Gasteiger partial charge in [0.25, 0.3) is 0 Å². The molecule has 82 valence electrons. The van der Waals surface area contributed by atoms with Crippen molar-refractivity contribution in [1.82, 2.24) is 0 Å². The predicted molar refractivity (Wildman–Crippen MR) is 51.9 cm³/mol. The number of phenols is 1. The molecule has 0 bridgehead atoms. The van der Waals surface area contributed by atoms with Gasteiger partial charge in [0.05, 0.1) is 17.1 Å². The second-order valence-corrected chi connectivity index (χ2v) is 3.07. The second-order valence-electron chi connectivity index (χ2n) is 3.07. The first kappa shape index (κ1) is 11.3. The van der Waals surface area contributed by atoms with E-state index in [0.717, 1.165) is 6.07 Å². The molecule has 0 aliphatic rings. The Morgan fingerprint density at radius 3 is 2.80 bits per heavy atom. The van der Waals surface area contributed by atoms with Gasteiger partial charge in [0.15, 0.2) is 5.75 Å². The number of hydrogen-bond acceptors (Lipinski definition) is 5. The smallest absolute Gasteiger partial charge is 0.314 e. The number of hydrogen-bond donors (Lipinski definition) is 2. The second kappa shape index (κ2) is 4.61. The third-order valence-electron chi connectivity index (χ3n) is 1.63. The summed E-state index contributed by atoms with van der Waals surface area (Å²) in [6.07, 6.45) is -0.655. The molecule has 1 aromatic carbocycles. The molecular weight excluding hydrogens is 202 g/mol. The van der Waals surface area contributed by atoms with E-state index in [1.165, 1.54) is 19.1 Å². The molecule has 0 amide bonds. The average molecular weight is 213 g/mol. The summed E-state index contributed by atoms with van der Waals surface area (Å²) in [6, 6.07) is 3.68. The highest BCUT2D eigenvalue weighted by atomic mass is 16.6. The van der Waals surface area contributed by atoms with Crippen molar-refractivity contribution in [1.29, 1.82) is 0 Å². The van der Waals surface area contributed by atoms with E-state index in [2.05, 4.69) is 0 Å². The van der Waals surface area contributed by atoms with E-state index in [1.54, 1.807) is 0 Å². The standard InChI is InChI=1S/C9H11NO5/c1-6(11)5-15-7-2-3-9(12)8(4-7)10(13)14/h2-4,6,11-12H,5H2,1H3/t6-/m1/s1. The van der Waals surface area contributed by atoms with E-state index in [4.69, 9.17) is 14.9 Å². The Balaban J connectivity index is 2.83. The van der Waals surface area contributed by atoms with Crippen molar-refractivity contribution in [2.45, 2.75) is 13.0 Å². The number of nitro groups is 1. The largest absolute Gasteiger partial charge is 0.502 e. The topological polar surface area (TPSA) is 92.8 Å². The molecule has 0 aliphatic carbocycles. The summed E-state index contributed by atoms with van der Waals surface area (Å²) in [5, 5.41) is 28.5. The van der Waals surface area contributed by atoms with Gasteiger partial charge >= 0.3 is 5.69 Å². The van der Waals surface area contributed by atoms with E-state index in [9.17, 15) is 10.1 Å². The Morgan fingerprint density at radius 1 is 1.60 bits per heavy atom. The van der Waals surface area contributed by atoms with Crippen LogP contribution in [0.1, 0.15) is 6.92 Å². The van der Waals surface area contributed by atoms with Gasteiger partial charge in [0.2, 0.25) is 0 Å². The zero-order valence-corrected chi connectivity index (χ0v) is 8.08. The van der Waals surface area contributed by atoms with E-state index >= 15 is 0 Å². The monoisotopic (exact) mass is 213 g/mol. The fraction of sp³-hybridized carbons (Fsp3) is 0.333. The third kappa shape index (κ3) is 3.10. The molecule has 1 aromatic rings. The highest BCUT2D eigenvalue weighted by molar-refractivity contribution is 5.49. The molecule has 0 fully saturated rings. The maximum atomic E-state index is 10.5. The molecule has 15 heavy (non-hydrogen) atoms. The quantitative estimate of drug-likeness (QED) is 0.576. The minimum absolute atomic E-state index is 0.0436. The van der Waals surface area contributed by atoms with Gasteiger partial charge in [-0.1, -0.05) is 0 Å². The zero-order chi connectivity index (χ0) is 11.4. The molecule has 0 aliphatic heterocycles. The summed E-state index contributed by atoms with van der Waals surface area (Å²) in [4.78, 5) is 9.75. The third-order valence-corrected chi connectivity index (χ3v) is 1.63. The van der Waals surface area contributed by atoms with Crippen LogP contribution in [0.5, 0.6) is 11.5 Å². The molecule has 0 radical (unpaired) electrons. The predicted octanol–water partition coefficient (Wildman–Crippen LogP) is 1.06. The molecule has 2 N–H and O–H groups in total. The molecule has 6 nitrogen and oxygen atoms in total. The van der Waals surface area contributed by atoms with Crippen LogP contribution in [0.15, 0.2) is 18.2 Å². The van der Waals surface area contributed by atoms with E-state index in [-0.39, 0.29) is 12.4 Å². The lowest BCUT2D eigenvalue weighted by Crippen LogP contribution is -2.12. The Bertz CT molecular complexity index is 364. The fourth-order valence-electron chi connectivity index (χ4n) is 0.956. The van der Waals surface area contributed by atoms with Gasteiger partial charge in [-0.15, -0.1) is 0 Å². The number of nitro benzene ring substituents is 1. The van der Waals surface area contributed by atoms with Crippen LogP contribution < -0.4 is 4.74 Å². The zero-order valence-electron chi connectivity index (χ0n) is 8.08. The molecule has 0 saturated carbocycles. The Kier molecular flexibility index (Phi) is 3.46. The molecule has 1 rings (SSSR count). The summed E-state index contributed by atoms with van der Waals surface area (Å²) >= 11 is 0. The van der Waals surface area contributed by atoms with Gasteiger partial charge in [0.1, 0.15) is 12.4 Å². The summed E-state index contributed by atoms with van der Waals surface area (Å²) < 4.78 is 5.05. The minimum Gasteiger partial charge on any atom is -0.502 e. The lowest BCUT2D eigenvalue weighted by molar-refractivity contribution is -0.385. The van der Waals surface area contributed by atoms with Crippen LogP contribution in [0, 0.1) is 10.1 Å². The number of aliphatic hydroxyl groups is 1. The Labute approximate surface area is 85.9 Å². The van der Waals surface area contributed by atoms with Crippen LogP contribution in [-0.2, 0) is 0 Å². The maximum Gasteiger partial charge on any atom is 0.314 e. The number of rotatable bonds is 4. The number of aromatic hydroxyl groups is 1. The average Bonchev–Trinajstić information content (AvgIpc) is 2.16. The number of benzene rings is 1. The molecule has 0 spiro atoms. The number of phenolic OH excluding ortho intramolecular Hbond substituents is 1. The summed E-state index contributed by atoms with van der Waals surface area (Å²) in [5.74, 6) is -0.176. The summed E-state index contributed by atoms with van der Waals surface area (Å²) in [5.41, 5.74) is -0.418. The van der Waals surface area contributed by atoms with Crippen LogP contribution in [0.25, 0.3) is 0 Å². The summed E-state index contributed by atoms with van der Waals surface area (Å²) in [6.45, 7) is 1.58. The molecule has 1 atom stereocenters. The van der Waals surface area contributed by atoms with E-state index in [1.807, 2.05) is 0 Å². The normalized spacial score (nSPS) is 12.1. The van der Waals surface area contributed by atoms with E-state index < -0.39 is 22.5 Å². The van der Waals surface area contributed by atoms with Crippen LogP contribution in [-0.4, -0.2) is 27.8 Å². The first-order chi connectivity index (χ1) is 7.00. The van der Waals surface area contributed by atoms with Crippen LogP contribution in [0.2, 0.25) is 0 Å². The number of ether oxygens (including phenoxy) is 1. The molecule has 0 aromatic heterocycles. The maximum absolute atomic E-state index is 10.5. The van der Waals surface area contributed by atoms with Gasteiger partial charge in [0, 0.05) is 0 Å². The first-order valence-corrected chi connectivity index (χ1v) is 4.29. The van der Waals surface area contributed by atoms with Crippen molar-refractivity contribution in [3.63, 3.8) is 0 Å². The van der Waals surface area contributed by atoms with Gasteiger partial charge in [-0.3, -0.25) is 10.1 Å². The lowest BCUT2D eigenvalue weighted by Gasteiger charge is -2.07. The Morgan fingerprint density at radius 2 is 2.27 bits per heavy atom. The number of nitrogens with zero attached hydrogens (tertiary/aromatic N) is 1. The van der Waals surface area contributed by atoms with Crippen molar-refractivity contribution >= 4 is 5.69 Å². The molecule has 6 heteroatoms. The van der Waals surface area contributed by atoms with Crippen LogP contribution >= 0.6 is 0 Å². The minimum atomic E-state index is -0.704. The van der Waals surface area contributed by atoms with E-state index in [0.29, 0.717) is 0 Å². The fourth-order valence-corrected chi connectivity index (χ4v) is 0.956. The lowest BCUT2D eigenvalue weighted by atomic mass is 10.3. The van der Waals surface area contributed by atoms with Crippen molar-refractivity contribution in [2.24, 2.45) is 0 Å². The van der Waals surface area contributed by atoms with Crippen molar-refractivity contribution in [3.8, 4) is 11.5 Å². The summed E-state index contributed by atoms with van der Waals surface area (Å²) in [7, 11) is 0. The molecule has 0 unspecified atom stereocenters. The SMILES string of the molecule is C[C@@H](O)COc1ccc(O)c([N+](=O)[O-])c1.